The summed E-state index contributed by atoms with van der Waals surface area (Å²) in [5.74, 6) is 1.03. The van der Waals surface area contributed by atoms with Crippen molar-refractivity contribution < 1.29 is 9.53 Å². The zero-order valence-electron chi connectivity index (χ0n) is 24.4. The number of nitrogens with zero attached hydrogens (tertiary/aromatic N) is 9. The highest BCUT2D eigenvalue weighted by Crippen LogP contribution is 2.38. The summed E-state index contributed by atoms with van der Waals surface area (Å²) in [7, 11) is 4.00. The van der Waals surface area contributed by atoms with Gasteiger partial charge < -0.3 is 19.4 Å². The van der Waals surface area contributed by atoms with Gasteiger partial charge in [0.25, 0.3) is 0 Å². The third kappa shape index (κ3) is 5.47. The number of aromatic nitrogens is 4. The number of imidazole rings is 1. The van der Waals surface area contributed by atoms with Gasteiger partial charge in [0.15, 0.2) is 10.9 Å². The van der Waals surface area contributed by atoms with Crippen molar-refractivity contribution in [2.75, 3.05) is 69.8 Å². The lowest BCUT2D eigenvalue weighted by atomic mass is 10.1. The van der Waals surface area contributed by atoms with E-state index in [-0.39, 0.29) is 11.9 Å². The number of carbonyl (C=O) groups excluding carboxylic acids is 1. The zero-order valence-corrected chi connectivity index (χ0v) is 26.0. The highest BCUT2D eigenvalue weighted by atomic mass is 32.1. The average molecular weight is 606 g/mol. The Hall–Kier alpha value is -3.57. The molecule has 3 aromatic heterocycles. The number of rotatable bonds is 8. The van der Waals surface area contributed by atoms with E-state index >= 15 is 0 Å². The van der Waals surface area contributed by atoms with Crippen LogP contribution in [0.1, 0.15) is 29.5 Å². The van der Waals surface area contributed by atoms with Crippen LogP contribution >= 0.6 is 22.7 Å². The smallest absolute Gasteiger partial charge is 0.236 e. The van der Waals surface area contributed by atoms with Gasteiger partial charge in [-0.3, -0.25) is 9.69 Å². The molecule has 0 aliphatic carbocycles. The van der Waals surface area contributed by atoms with Crippen molar-refractivity contribution in [1.29, 1.82) is 5.26 Å². The van der Waals surface area contributed by atoms with Crippen LogP contribution in [0.4, 0.5) is 16.1 Å². The molecular weight excluding hydrogens is 571 g/mol. The molecule has 0 radical (unpaired) electrons. The lowest BCUT2D eigenvalue weighted by Gasteiger charge is -2.30. The van der Waals surface area contributed by atoms with Crippen molar-refractivity contribution in [1.82, 2.24) is 29.4 Å². The lowest BCUT2D eigenvalue weighted by molar-refractivity contribution is -0.136. The van der Waals surface area contributed by atoms with Crippen molar-refractivity contribution in [3.05, 3.63) is 40.4 Å². The first-order valence-electron chi connectivity index (χ1n) is 14.3. The number of benzene rings is 1. The zero-order chi connectivity index (χ0) is 29.4. The molecule has 6 rings (SSSR count). The number of hydrogen-bond acceptors (Lipinski definition) is 11. The molecule has 2 saturated heterocycles. The monoisotopic (exact) mass is 605 g/mol. The van der Waals surface area contributed by atoms with E-state index in [0.717, 1.165) is 63.8 Å². The first kappa shape index (κ1) is 28.5. The van der Waals surface area contributed by atoms with Gasteiger partial charge in [-0.05, 0) is 26.8 Å². The predicted octanol–water partition coefficient (Wildman–Crippen LogP) is 3.79. The first-order chi connectivity index (χ1) is 20.4. The Morgan fingerprint density at radius 2 is 1.90 bits per heavy atom. The fraction of sp³-hybridized carbons (Fsp3) is 0.483. The van der Waals surface area contributed by atoms with Crippen LogP contribution in [0.25, 0.3) is 16.2 Å². The molecule has 13 heteroatoms. The fourth-order valence-corrected chi connectivity index (χ4v) is 7.33. The maximum absolute atomic E-state index is 12.8. The maximum atomic E-state index is 12.8. The molecule has 1 atom stereocenters. The van der Waals surface area contributed by atoms with E-state index in [1.165, 1.54) is 11.3 Å². The minimum atomic E-state index is 0.166. The van der Waals surface area contributed by atoms with Crippen molar-refractivity contribution in [2.45, 2.75) is 32.7 Å². The molecule has 0 spiro atoms. The Kier molecular flexibility index (Phi) is 8.13. The Balaban J connectivity index is 1.21. The second-order valence-corrected chi connectivity index (χ2v) is 12.7. The number of ether oxygens (including phenoxy) is 1. The van der Waals surface area contributed by atoms with Crippen LogP contribution < -0.4 is 9.80 Å². The molecule has 42 heavy (non-hydrogen) atoms. The second-order valence-electron chi connectivity index (χ2n) is 10.8. The van der Waals surface area contributed by atoms with Crippen LogP contribution in [0.5, 0.6) is 0 Å². The summed E-state index contributed by atoms with van der Waals surface area (Å²) < 4.78 is 7.30. The molecule has 0 saturated carbocycles. The van der Waals surface area contributed by atoms with Crippen molar-refractivity contribution in [3.8, 4) is 17.3 Å². The van der Waals surface area contributed by atoms with Gasteiger partial charge in [0.2, 0.25) is 16.0 Å². The van der Waals surface area contributed by atoms with E-state index in [4.69, 9.17) is 19.8 Å². The molecule has 2 aliphatic heterocycles. The minimum Gasteiger partial charge on any atom is -0.378 e. The number of fused-ring (bicyclic) bond motifs is 1. The van der Waals surface area contributed by atoms with Gasteiger partial charge in [-0.1, -0.05) is 59.4 Å². The molecule has 220 valence electrons. The molecule has 5 heterocycles. The summed E-state index contributed by atoms with van der Waals surface area (Å²) in [6.07, 6.45) is 1.72. The lowest BCUT2D eigenvalue weighted by Crippen LogP contribution is -2.47. The number of amides is 1. The van der Waals surface area contributed by atoms with E-state index in [1.54, 1.807) is 11.3 Å². The summed E-state index contributed by atoms with van der Waals surface area (Å²) in [4.78, 5) is 32.4. The molecule has 4 aromatic rings. The molecule has 0 N–H and O–H groups in total. The minimum absolute atomic E-state index is 0.166. The number of thiazole rings is 1. The Labute approximate surface area is 253 Å². The Bertz CT molecular complexity index is 1610. The quantitative estimate of drug-likeness (QED) is 0.297. The van der Waals surface area contributed by atoms with E-state index in [2.05, 4.69) is 22.8 Å². The number of hydrogen-bond donors (Lipinski definition) is 0. The number of likely N-dealkylation sites (N-methyl/N-ethyl adjacent to an activating group) is 1. The number of nitriles is 1. The largest absolute Gasteiger partial charge is 0.378 e. The van der Waals surface area contributed by atoms with Crippen LogP contribution in [0.3, 0.4) is 0 Å². The van der Waals surface area contributed by atoms with Crippen LogP contribution in [0, 0.1) is 18.3 Å². The van der Waals surface area contributed by atoms with Gasteiger partial charge >= 0.3 is 0 Å². The van der Waals surface area contributed by atoms with Gasteiger partial charge in [0.05, 0.1) is 25.5 Å². The molecule has 11 nitrogen and oxygen atoms in total. The highest BCUT2D eigenvalue weighted by Gasteiger charge is 2.31. The van der Waals surface area contributed by atoms with Gasteiger partial charge in [0.1, 0.15) is 16.6 Å². The fourth-order valence-electron chi connectivity index (χ4n) is 5.53. The third-order valence-electron chi connectivity index (χ3n) is 8.03. The molecule has 2 fully saturated rings. The van der Waals surface area contributed by atoms with E-state index in [1.807, 2.05) is 59.6 Å². The van der Waals surface area contributed by atoms with Crippen LogP contribution in [0.2, 0.25) is 0 Å². The van der Waals surface area contributed by atoms with Gasteiger partial charge in [-0.25, -0.2) is 9.97 Å². The van der Waals surface area contributed by atoms with Gasteiger partial charge in [0, 0.05) is 44.8 Å². The summed E-state index contributed by atoms with van der Waals surface area (Å²) in [6.45, 7) is 8.81. The van der Waals surface area contributed by atoms with Crippen molar-refractivity contribution >= 4 is 49.6 Å². The second kappa shape index (κ2) is 12.0. The van der Waals surface area contributed by atoms with E-state index in [0.29, 0.717) is 43.4 Å². The topological polar surface area (TPSA) is 106 Å². The molecule has 0 bridgehead atoms. The predicted molar refractivity (Wildman–Crippen MR) is 166 cm³/mol. The molecule has 1 aromatic carbocycles. The highest BCUT2D eigenvalue weighted by molar-refractivity contribution is 7.20. The average Bonchev–Trinajstić information content (AvgIpc) is 3.80. The summed E-state index contributed by atoms with van der Waals surface area (Å²) >= 11 is 2.96. The van der Waals surface area contributed by atoms with E-state index < -0.39 is 0 Å². The van der Waals surface area contributed by atoms with Crippen LogP contribution in [-0.2, 0) is 16.0 Å². The van der Waals surface area contributed by atoms with Gasteiger partial charge in [-0.2, -0.15) is 9.78 Å². The SMILES string of the molecule is CCc1nc2sc(N3CCC(N(C)CC(=O)N4CCOCC4)C3)nn2c1N(C)c1nc(-c2ccc(C)cc2)c(C#N)s1. The summed E-state index contributed by atoms with van der Waals surface area (Å²) in [5.41, 5.74) is 3.73. The normalized spacial score (nSPS) is 17.4. The van der Waals surface area contributed by atoms with Crippen LogP contribution in [0.15, 0.2) is 24.3 Å². The van der Waals surface area contributed by atoms with Gasteiger partial charge in [-0.15, -0.1) is 5.10 Å². The summed E-state index contributed by atoms with van der Waals surface area (Å²) in [6, 6.07) is 10.7. The number of carbonyl (C=O) groups is 1. The summed E-state index contributed by atoms with van der Waals surface area (Å²) in [5, 5.41) is 16.5. The molecule has 1 amide bonds. The Morgan fingerprint density at radius 1 is 1.14 bits per heavy atom. The first-order valence-corrected chi connectivity index (χ1v) is 15.9. The molecular formula is C29H35N9O2S2. The Morgan fingerprint density at radius 3 is 2.62 bits per heavy atom. The standard InChI is InChI=1S/C29H35N9O2S2/c1-5-22-26(35(4)27-32-25(23(16-30)41-27)20-8-6-19(2)7-9-20)38-28(31-22)42-29(33-38)37-11-10-21(17-37)34(3)18-24(39)36-12-14-40-15-13-36/h6-9,21H,5,10-15,17-18H2,1-4H3. The van der Waals surface area contributed by atoms with E-state index in [9.17, 15) is 10.1 Å². The number of morpholine rings is 1. The number of anilines is 3. The third-order valence-corrected chi connectivity index (χ3v) is 10.0. The van der Waals surface area contributed by atoms with Crippen LogP contribution in [-0.4, -0.2) is 101 Å². The maximum Gasteiger partial charge on any atom is 0.236 e. The van der Waals surface area contributed by atoms with Crippen molar-refractivity contribution in [2.24, 2.45) is 0 Å². The molecule has 1 unspecified atom stereocenters. The molecule has 2 aliphatic rings. The van der Waals surface area contributed by atoms with Crippen molar-refractivity contribution in [3.63, 3.8) is 0 Å². The number of aryl methyl sites for hydroxylation is 2.